The van der Waals surface area contributed by atoms with Crippen molar-refractivity contribution in [2.45, 2.75) is 43.4 Å². The number of hydrogen-bond donors (Lipinski definition) is 0. The maximum atomic E-state index is 6.34. The largest absolute Gasteiger partial charge is 0.493 e. The van der Waals surface area contributed by atoms with Crippen molar-refractivity contribution in [3.63, 3.8) is 0 Å². The Morgan fingerprint density at radius 3 is 2.50 bits per heavy atom. The number of rotatable bonds is 3. The fraction of sp³-hybridized carbons (Fsp3) is 0.600. The highest BCUT2D eigenvalue weighted by atomic mass is 35.5. The number of methoxy groups -OCH3 is 2. The summed E-state index contributed by atoms with van der Waals surface area (Å²) in [6.07, 6.45) is 5.95. The van der Waals surface area contributed by atoms with Gasteiger partial charge in [0, 0.05) is 5.38 Å². The first-order chi connectivity index (χ1) is 8.74. The zero-order valence-electron chi connectivity index (χ0n) is 11.1. The molecule has 0 saturated heterocycles. The highest BCUT2D eigenvalue weighted by molar-refractivity contribution is 6.20. The van der Waals surface area contributed by atoms with E-state index in [1.807, 2.05) is 6.07 Å². The van der Waals surface area contributed by atoms with Crippen LogP contribution in [-0.2, 0) is 0 Å². The van der Waals surface area contributed by atoms with Crippen LogP contribution in [-0.4, -0.2) is 19.6 Å². The van der Waals surface area contributed by atoms with Gasteiger partial charge in [-0.15, -0.1) is 11.6 Å². The first-order valence-electron chi connectivity index (χ1n) is 6.60. The average molecular weight is 269 g/mol. The molecule has 0 spiro atoms. The third kappa shape index (κ3) is 3.11. The third-order valence-electron chi connectivity index (χ3n) is 3.74. The van der Waals surface area contributed by atoms with Gasteiger partial charge in [-0.05, 0) is 42.9 Å². The van der Waals surface area contributed by atoms with E-state index < -0.39 is 0 Å². The van der Waals surface area contributed by atoms with Crippen LogP contribution in [0.3, 0.4) is 0 Å². The highest BCUT2D eigenvalue weighted by Gasteiger charge is 2.21. The standard InChI is InChI=1S/C15H21ClO2/c1-17-14-8-7-12(10-15(14)18-2)11-5-3-4-6-13(16)9-11/h7-8,10-11,13H,3-6,9H2,1-2H3. The number of benzene rings is 1. The Morgan fingerprint density at radius 1 is 1.06 bits per heavy atom. The lowest BCUT2D eigenvalue weighted by Gasteiger charge is -2.18. The summed E-state index contributed by atoms with van der Waals surface area (Å²) in [5.41, 5.74) is 1.32. The van der Waals surface area contributed by atoms with Crippen molar-refractivity contribution < 1.29 is 9.47 Å². The third-order valence-corrected chi connectivity index (χ3v) is 4.14. The zero-order chi connectivity index (χ0) is 13.0. The average Bonchev–Trinajstić information content (AvgIpc) is 2.62. The van der Waals surface area contributed by atoms with Crippen molar-refractivity contribution in [1.82, 2.24) is 0 Å². The van der Waals surface area contributed by atoms with Gasteiger partial charge in [-0.2, -0.15) is 0 Å². The topological polar surface area (TPSA) is 18.5 Å². The Labute approximate surface area is 114 Å². The first-order valence-corrected chi connectivity index (χ1v) is 7.04. The van der Waals surface area contributed by atoms with Crippen molar-refractivity contribution >= 4 is 11.6 Å². The van der Waals surface area contributed by atoms with E-state index in [2.05, 4.69) is 12.1 Å². The SMILES string of the molecule is COc1ccc(C2CCCCC(Cl)C2)cc1OC. The second-order valence-corrected chi connectivity index (χ2v) is 5.55. The maximum absolute atomic E-state index is 6.34. The quantitative estimate of drug-likeness (QED) is 0.599. The number of alkyl halides is 1. The lowest BCUT2D eigenvalue weighted by atomic mass is 9.91. The first kappa shape index (κ1) is 13.5. The number of ether oxygens (including phenoxy) is 2. The molecule has 100 valence electrons. The zero-order valence-corrected chi connectivity index (χ0v) is 11.9. The van der Waals surface area contributed by atoms with E-state index >= 15 is 0 Å². The van der Waals surface area contributed by atoms with E-state index in [9.17, 15) is 0 Å². The minimum atomic E-state index is 0.311. The van der Waals surface area contributed by atoms with Gasteiger partial charge in [0.15, 0.2) is 11.5 Å². The summed E-state index contributed by atoms with van der Waals surface area (Å²) in [5, 5.41) is 0.311. The Bertz CT molecular complexity index is 392. The smallest absolute Gasteiger partial charge is 0.160 e. The van der Waals surface area contributed by atoms with E-state index in [0.29, 0.717) is 11.3 Å². The second-order valence-electron chi connectivity index (χ2n) is 4.93. The monoisotopic (exact) mass is 268 g/mol. The summed E-state index contributed by atoms with van der Waals surface area (Å²) in [4.78, 5) is 0. The van der Waals surface area contributed by atoms with E-state index in [1.54, 1.807) is 14.2 Å². The maximum Gasteiger partial charge on any atom is 0.160 e. The fourth-order valence-corrected chi connectivity index (χ4v) is 3.08. The van der Waals surface area contributed by atoms with E-state index in [4.69, 9.17) is 21.1 Å². The number of halogens is 1. The molecule has 0 amide bonds. The van der Waals surface area contributed by atoms with Crippen LogP contribution >= 0.6 is 11.6 Å². The summed E-state index contributed by atoms with van der Waals surface area (Å²) in [6, 6.07) is 6.22. The van der Waals surface area contributed by atoms with E-state index in [0.717, 1.165) is 24.3 Å². The summed E-state index contributed by atoms with van der Waals surface area (Å²) in [5.74, 6) is 2.15. The minimum absolute atomic E-state index is 0.311. The molecule has 0 heterocycles. The molecule has 2 atom stereocenters. The van der Waals surface area contributed by atoms with Crippen LogP contribution in [0.25, 0.3) is 0 Å². The molecule has 0 aliphatic heterocycles. The summed E-state index contributed by atoms with van der Waals surface area (Å²) >= 11 is 6.34. The van der Waals surface area contributed by atoms with Crippen molar-refractivity contribution in [3.05, 3.63) is 23.8 Å². The Balaban J connectivity index is 2.21. The van der Waals surface area contributed by atoms with Gasteiger partial charge in [0.2, 0.25) is 0 Å². The van der Waals surface area contributed by atoms with E-state index in [-0.39, 0.29) is 0 Å². The normalized spacial score (nSPS) is 24.4. The molecule has 2 rings (SSSR count). The molecule has 1 aliphatic rings. The Kier molecular flexibility index (Phi) is 4.76. The minimum Gasteiger partial charge on any atom is -0.493 e. The molecular weight excluding hydrogens is 248 g/mol. The predicted octanol–water partition coefficient (Wildman–Crippen LogP) is 4.36. The predicted molar refractivity (Wildman–Crippen MR) is 75.0 cm³/mol. The van der Waals surface area contributed by atoms with Crippen LogP contribution in [0.4, 0.5) is 0 Å². The van der Waals surface area contributed by atoms with Crippen LogP contribution in [0.15, 0.2) is 18.2 Å². The Morgan fingerprint density at radius 2 is 1.78 bits per heavy atom. The molecular formula is C15H21ClO2. The molecule has 1 aliphatic carbocycles. The molecule has 3 heteroatoms. The van der Waals surface area contributed by atoms with Gasteiger partial charge >= 0.3 is 0 Å². The van der Waals surface area contributed by atoms with Gasteiger partial charge in [0.25, 0.3) is 0 Å². The van der Waals surface area contributed by atoms with Crippen LogP contribution < -0.4 is 9.47 Å². The molecule has 1 aromatic rings. The molecule has 0 aromatic heterocycles. The van der Waals surface area contributed by atoms with Crippen LogP contribution in [0.2, 0.25) is 0 Å². The summed E-state index contributed by atoms with van der Waals surface area (Å²) in [7, 11) is 3.34. The highest BCUT2D eigenvalue weighted by Crippen LogP contribution is 2.37. The van der Waals surface area contributed by atoms with Gasteiger partial charge in [0.1, 0.15) is 0 Å². The van der Waals surface area contributed by atoms with Gasteiger partial charge in [-0.3, -0.25) is 0 Å². The summed E-state index contributed by atoms with van der Waals surface area (Å²) < 4.78 is 10.6. The van der Waals surface area contributed by atoms with Gasteiger partial charge in [-0.25, -0.2) is 0 Å². The van der Waals surface area contributed by atoms with Gasteiger partial charge < -0.3 is 9.47 Å². The lowest BCUT2D eigenvalue weighted by Crippen LogP contribution is -2.04. The fourth-order valence-electron chi connectivity index (χ4n) is 2.71. The molecule has 1 saturated carbocycles. The van der Waals surface area contributed by atoms with E-state index in [1.165, 1.54) is 24.8 Å². The molecule has 1 aromatic carbocycles. The Hall–Kier alpha value is -0.890. The van der Waals surface area contributed by atoms with Crippen molar-refractivity contribution in [1.29, 1.82) is 0 Å². The second kappa shape index (κ2) is 6.33. The molecule has 1 fully saturated rings. The van der Waals surface area contributed by atoms with Gasteiger partial charge in [0.05, 0.1) is 14.2 Å². The van der Waals surface area contributed by atoms with Crippen molar-refractivity contribution in [2.75, 3.05) is 14.2 Å². The molecule has 0 radical (unpaired) electrons. The van der Waals surface area contributed by atoms with Gasteiger partial charge in [-0.1, -0.05) is 18.9 Å². The van der Waals surface area contributed by atoms with Crippen molar-refractivity contribution in [3.8, 4) is 11.5 Å². The van der Waals surface area contributed by atoms with Crippen LogP contribution in [0, 0.1) is 0 Å². The summed E-state index contributed by atoms with van der Waals surface area (Å²) in [6.45, 7) is 0. The van der Waals surface area contributed by atoms with Crippen LogP contribution in [0.5, 0.6) is 11.5 Å². The number of hydrogen-bond acceptors (Lipinski definition) is 2. The lowest BCUT2D eigenvalue weighted by molar-refractivity contribution is 0.354. The molecule has 2 unspecified atom stereocenters. The molecule has 2 nitrogen and oxygen atoms in total. The molecule has 0 bridgehead atoms. The molecule has 18 heavy (non-hydrogen) atoms. The van der Waals surface area contributed by atoms with Crippen molar-refractivity contribution in [2.24, 2.45) is 0 Å². The molecule has 0 N–H and O–H groups in total. The van der Waals surface area contributed by atoms with Crippen LogP contribution in [0.1, 0.15) is 43.6 Å².